The summed E-state index contributed by atoms with van der Waals surface area (Å²) in [5.74, 6) is 0.607. The van der Waals surface area contributed by atoms with Crippen LogP contribution < -0.4 is 4.90 Å². The van der Waals surface area contributed by atoms with Crippen molar-refractivity contribution in [1.29, 1.82) is 0 Å². The molecule has 4 nitrogen and oxygen atoms in total. The molecule has 7 aromatic carbocycles. The fourth-order valence-electron chi connectivity index (χ4n) is 6.86. The molecule has 0 spiro atoms. The lowest BCUT2D eigenvalue weighted by Crippen LogP contribution is -2.13. The van der Waals surface area contributed by atoms with Crippen molar-refractivity contribution in [1.82, 2.24) is 14.5 Å². The van der Waals surface area contributed by atoms with Crippen LogP contribution >= 0.6 is 0 Å². The number of anilines is 3. The number of fused-ring (bicyclic) bond motifs is 3. The standard InChI is InChI=1S/C46H32N4/c1-4-13-33(14-5-1)36-23-25-39(26-24-36)49(46-47-31-38(32-48-46)35-17-8-3-9-18-35)41-27-28-45-43(30-41)42-21-10-11-22-44(42)50(45)40-20-12-19-37(29-40)34-15-6-2-7-16-34/h1-32H. The summed E-state index contributed by atoms with van der Waals surface area (Å²) in [6, 6.07) is 64.0. The minimum atomic E-state index is 0.607. The SMILES string of the molecule is c1ccc(-c2ccc(N(c3ccc4c(c3)c3ccccc3n4-c3cccc(-c4ccccc4)c3)c3ncc(-c4ccccc4)cn3)cc2)cc1. The van der Waals surface area contributed by atoms with Crippen molar-refractivity contribution in [3.8, 4) is 39.1 Å². The van der Waals surface area contributed by atoms with E-state index in [0.717, 1.165) is 50.2 Å². The van der Waals surface area contributed by atoms with Gasteiger partial charge in [-0.05, 0) is 76.3 Å². The molecule has 236 valence electrons. The second-order valence-corrected chi connectivity index (χ2v) is 12.4. The summed E-state index contributed by atoms with van der Waals surface area (Å²) < 4.78 is 2.37. The van der Waals surface area contributed by atoms with Gasteiger partial charge in [0, 0.05) is 45.8 Å². The Bertz CT molecular complexity index is 2480. The molecule has 0 unspecified atom stereocenters. The maximum absolute atomic E-state index is 4.93. The first-order valence-electron chi connectivity index (χ1n) is 16.8. The van der Waals surface area contributed by atoms with E-state index in [0.29, 0.717) is 5.95 Å². The van der Waals surface area contributed by atoms with Gasteiger partial charge in [-0.25, -0.2) is 9.97 Å². The van der Waals surface area contributed by atoms with Gasteiger partial charge in [-0.3, -0.25) is 4.90 Å². The van der Waals surface area contributed by atoms with Gasteiger partial charge < -0.3 is 4.57 Å². The molecule has 2 aromatic heterocycles. The zero-order chi connectivity index (χ0) is 33.3. The van der Waals surface area contributed by atoms with E-state index in [1.807, 2.05) is 36.7 Å². The van der Waals surface area contributed by atoms with Crippen LogP contribution in [0.4, 0.5) is 17.3 Å². The van der Waals surface area contributed by atoms with Gasteiger partial charge in [0.2, 0.25) is 5.95 Å². The number of hydrogen-bond acceptors (Lipinski definition) is 3. The summed E-state index contributed by atoms with van der Waals surface area (Å²) in [4.78, 5) is 12.0. The van der Waals surface area contributed by atoms with Crippen molar-refractivity contribution < 1.29 is 0 Å². The van der Waals surface area contributed by atoms with Gasteiger partial charge in [0.25, 0.3) is 0 Å². The van der Waals surface area contributed by atoms with Crippen molar-refractivity contribution in [2.45, 2.75) is 0 Å². The highest BCUT2D eigenvalue weighted by molar-refractivity contribution is 6.10. The predicted octanol–water partition coefficient (Wildman–Crippen LogP) is 12.0. The lowest BCUT2D eigenvalue weighted by Gasteiger charge is -2.24. The molecule has 0 aliphatic heterocycles. The van der Waals surface area contributed by atoms with E-state index in [2.05, 4.69) is 167 Å². The highest BCUT2D eigenvalue weighted by Crippen LogP contribution is 2.39. The number of hydrogen-bond donors (Lipinski definition) is 0. The van der Waals surface area contributed by atoms with Crippen molar-refractivity contribution >= 4 is 39.1 Å². The monoisotopic (exact) mass is 640 g/mol. The summed E-state index contributed by atoms with van der Waals surface area (Å²) in [5, 5.41) is 2.35. The molecule has 0 saturated heterocycles. The van der Waals surface area contributed by atoms with Gasteiger partial charge in [0.1, 0.15) is 0 Å². The van der Waals surface area contributed by atoms with E-state index in [-0.39, 0.29) is 0 Å². The molecule has 50 heavy (non-hydrogen) atoms. The molecule has 9 aromatic rings. The van der Waals surface area contributed by atoms with E-state index in [4.69, 9.17) is 9.97 Å². The molecule has 0 saturated carbocycles. The zero-order valence-corrected chi connectivity index (χ0v) is 27.3. The van der Waals surface area contributed by atoms with Crippen LogP contribution in [-0.4, -0.2) is 14.5 Å². The molecule has 0 fully saturated rings. The summed E-state index contributed by atoms with van der Waals surface area (Å²) in [6.45, 7) is 0. The highest BCUT2D eigenvalue weighted by atomic mass is 15.3. The van der Waals surface area contributed by atoms with Crippen LogP contribution in [0.25, 0.3) is 60.9 Å². The first-order valence-corrected chi connectivity index (χ1v) is 16.8. The number of rotatable bonds is 7. The van der Waals surface area contributed by atoms with Gasteiger partial charge in [-0.1, -0.05) is 133 Å². The Kier molecular flexibility index (Phi) is 7.45. The molecular formula is C46H32N4. The van der Waals surface area contributed by atoms with Gasteiger partial charge in [0.15, 0.2) is 0 Å². The van der Waals surface area contributed by atoms with Crippen LogP contribution in [0.1, 0.15) is 0 Å². The Morgan fingerprint density at radius 2 is 0.880 bits per heavy atom. The van der Waals surface area contributed by atoms with Crippen LogP contribution in [0.2, 0.25) is 0 Å². The van der Waals surface area contributed by atoms with Gasteiger partial charge in [-0.2, -0.15) is 0 Å². The Morgan fingerprint density at radius 3 is 1.56 bits per heavy atom. The molecular weight excluding hydrogens is 609 g/mol. The van der Waals surface area contributed by atoms with Crippen LogP contribution in [0.3, 0.4) is 0 Å². The minimum Gasteiger partial charge on any atom is -0.309 e. The smallest absolute Gasteiger partial charge is 0.234 e. The number of benzene rings is 7. The average molecular weight is 641 g/mol. The van der Waals surface area contributed by atoms with Crippen molar-refractivity contribution in [3.05, 3.63) is 194 Å². The van der Waals surface area contributed by atoms with Gasteiger partial charge in [0.05, 0.1) is 11.0 Å². The molecule has 0 N–H and O–H groups in total. The normalized spacial score (nSPS) is 11.2. The molecule has 0 aliphatic rings. The lowest BCUT2D eigenvalue weighted by molar-refractivity contribution is 1.08. The van der Waals surface area contributed by atoms with Crippen LogP contribution in [0.15, 0.2) is 194 Å². The van der Waals surface area contributed by atoms with E-state index in [1.165, 1.54) is 22.1 Å². The Labute approximate surface area is 291 Å². The molecule has 9 rings (SSSR count). The topological polar surface area (TPSA) is 34.0 Å². The maximum Gasteiger partial charge on any atom is 0.234 e. The molecule has 0 amide bonds. The maximum atomic E-state index is 4.93. The second kappa shape index (κ2) is 12.7. The Hall–Kier alpha value is -6.78. The second-order valence-electron chi connectivity index (χ2n) is 12.4. The Balaban J connectivity index is 1.19. The van der Waals surface area contributed by atoms with Crippen molar-refractivity contribution in [3.63, 3.8) is 0 Å². The third kappa shape index (κ3) is 5.39. The van der Waals surface area contributed by atoms with Crippen LogP contribution in [0, 0.1) is 0 Å². The summed E-state index contributed by atoms with van der Waals surface area (Å²) in [7, 11) is 0. The zero-order valence-electron chi connectivity index (χ0n) is 27.3. The summed E-state index contributed by atoms with van der Waals surface area (Å²) >= 11 is 0. The highest BCUT2D eigenvalue weighted by Gasteiger charge is 2.19. The van der Waals surface area contributed by atoms with Crippen molar-refractivity contribution in [2.75, 3.05) is 4.90 Å². The molecule has 0 aliphatic carbocycles. The molecule has 4 heteroatoms. The quantitative estimate of drug-likeness (QED) is 0.174. The third-order valence-electron chi connectivity index (χ3n) is 9.30. The predicted molar refractivity (Wildman–Crippen MR) is 207 cm³/mol. The first kappa shape index (κ1) is 29.4. The van der Waals surface area contributed by atoms with Crippen molar-refractivity contribution in [2.24, 2.45) is 0 Å². The van der Waals surface area contributed by atoms with E-state index >= 15 is 0 Å². The molecule has 0 atom stereocenters. The number of nitrogens with zero attached hydrogens (tertiary/aromatic N) is 4. The largest absolute Gasteiger partial charge is 0.309 e. The minimum absolute atomic E-state index is 0.607. The average Bonchev–Trinajstić information content (AvgIpc) is 3.53. The lowest BCUT2D eigenvalue weighted by atomic mass is 10.0. The number of para-hydroxylation sites is 1. The Morgan fingerprint density at radius 1 is 0.360 bits per heavy atom. The summed E-state index contributed by atoms with van der Waals surface area (Å²) in [5.41, 5.74) is 12.2. The van der Waals surface area contributed by atoms with E-state index in [9.17, 15) is 0 Å². The van der Waals surface area contributed by atoms with E-state index in [1.54, 1.807) is 0 Å². The molecule has 2 heterocycles. The van der Waals surface area contributed by atoms with Crippen LogP contribution in [0.5, 0.6) is 0 Å². The van der Waals surface area contributed by atoms with Gasteiger partial charge >= 0.3 is 0 Å². The third-order valence-corrected chi connectivity index (χ3v) is 9.30. The summed E-state index contributed by atoms with van der Waals surface area (Å²) in [6.07, 6.45) is 3.82. The van der Waals surface area contributed by atoms with Gasteiger partial charge in [-0.15, -0.1) is 0 Å². The fourth-order valence-corrected chi connectivity index (χ4v) is 6.86. The fraction of sp³-hybridized carbons (Fsp3) is 0. The number of aromatic nitrogens is 3. The van der Waals surface area contributed by atoms with Crippen LogP contribution in [-0.2, 0) is 0 Å². The molecule has 0 bridgehead atoms. The first-order chi connectivity index (χ1) is 24.8. The molecule has 0 radical (unpaired) electrons. The van der Waals surface area contributed by atoms with E-state index < -0.39 is 0 Å².